The first-order valence-electron chi connectivity index (χ1n) is 5.77. The molecule has 0 atom stereocenters. The molecule has 0 bridgehead atoms. The Labute approximate surface area is 112 Å². The number of amides is 1. The fourth-order valence-electron chi connectivity index (χ4n) is 1.83. The highest BCUT2D eigenvalue weighted by Crippen LogP contribution is 2.13. The predicted octanol–water partition coefficient (Wildman–Crippen LogP) is -0.0680. The van der Waals surface area contributed by atoms with E-state index in [4.69, 9.17) is 5.73 Å². The van der Waals surface area contributed by atoms with Gasteiger partial charge in [-0.3, -0.25) is 23.5 Å². The van der Waals surface area contributed by atoms with Gasteiger partial charge in [0.05, 0.1) is 5.69 Å². The number of hydrogen-bond acceptors (Lipinski definition) is 3. The van der Waals surface area contributed by atoms with Crippen molar-refractivity contribution in [3.8, 4) is 5.69 Å². The van der Waals surface area contributed by atoms with E-state index >= 15 is 0 Å². The van der Waals surface area contributed by atoms with Gasteiger partial charge in [0.2, 0.25) is 5.91 Å². The first kappa shape index (κ1) is 13.7. The smallest absolute Gasteiger partial charge is 0.320 e. The van der Waals surface area contributed by atoms with Crippen LogP contribution in [0.25, 0.3) is 5.69 Å². The molecule has 2 N–H and O–H groups in total. The minimum Gasteiger partial charge on any atom is -0.368 e. The van der Waals surface area contributed by atoms with E-state index in [2.05, 4.69) is 0 Å². The average Bonchev–Trinajstić information content (AvgIpc) is 2.38. The summed E-state index contributed by atoms with van der Waals surface area (Å²) in [6.07, 6.45) is 2.56. The molecule has 6 nitrogen and oxygen atoms in total. The van der Waals surface area contributed by atoms with Crippen molar-refractivity contribution >= 4 is 5.91 Å². The standard InChI is InChI=1S/C13H12FN3O3/c1-8-2-3-9(14)6-10(8)17-5-4-16(7-11(15)18)12(19)13(17)20/h2-6H,7H2,1H3,(H2,15,18). The molecule has 20 heavy (non-hydrogen) atoms. The zero-order valence-corrected chi connectivity index (χ0v) is 10.7. The molecule has 0 fully saturated rings. The van der Waals surface area contributed by atoms with Crippen molar-refractivity contribution in [1.29, 1.82) is 0 Å². The molecule has 2 rings (SSSR count). The van der Waals surface area contributed by atoms with Gasteiger partial charge in [0.15, 0.2) is 0 Å². The Kier molecular flexibility index (Phi) is 3.51. The third-order valence-corrected chi connectivity index (χ3v) is 2.82. The molecular formula is C13H12FN3O3. The molecule has 1 amide bonds. The van der Waals surface area contributed by atoms with Gasteiger partial charge < -0.3 is 5.73 Å². The summed E-state index contributed by atoms with van der Waals surface area (Å²) in [5.41, 5.74) is 4.13. The van der Waals surface area contributed by atoms with Crippen LogP contribution in [0.1, 0.15) is 5.56 Å². The number of carbonyl (C=O) groups is 1. The third-order valence-electron chi connectivity index (χ3n) is 2.82. The minimum atomic E-state index is -0.894. The topological polar surface area (TPSA) is 87.1 Å². The molecule has 0 saturated carbocycles. The van der Waals surface area contributed by atoms with E-state index in [9.17, 15) is 18.8 Å². The number of nitrogens with two attached hydrogens (primary N) is 1. The Bertz CT molecular complexity index is 792. The maximum atomic E-state index is 13.3. The SMILES string of the molecule is Cc1ccc(F)cc1-n1ccn(CC(N)=O)c(=O)c1=O. The van der Waals surface area contributed by atoms with Crippen LogP contribution in [0, 0.1) is 12.7 Å². The zero-order valence-electron chi connectivity index (χ0n) is 10.7. The largest absolute Gasteiger partial charge is 0.368 e. The van der Waals surface area contributed by atoms with Crippen LogP contribution in [0.5, 0.6) is 0 Å². The highest BCUT2D eigenvalue weighted by atomic mass is 19.1. The van der Waals surface area contributed by atoms with Crippen molar-refractivity contribution in [1.82, 2.24) is 9.13 Å². The lowest BCUT2D eigenvalue weighted by Crippen LogP contribution is -2.42. The summed E-state index contributed by atoms with van der Waals surface area (Å²) in [4.78, 5) is 34.6. The molecule has 1 heterocycles. The monoisotopic (exact) mass is 277 g/mol. The molecule has 0 unspecified atom stereocenters. The van der Waals surface area contributed by atoms with Gasteiger partial charge in [-0.15, -0.1) is 0 Å². The van der Waals surface area contributed by atoms with Crippen LogP contribution < -0.4 is 16.9 Å². The van der Waals surface area contributed by atoms with Gasteiger partial charge >= 0.3 is 11.1 Å². The number of carbonyl (C=O) groups excluding carboxylic acids is 1. The molecular weight excluding hydrogens is 265 g/mol. The van der Waals surface area contributed by atoms with Gasteiger partial charge in [-0.1, -0.05) is 6.07 Å². The summed E-state index contributed by atoms with van der Waals surface area (Å²) in [7, 11) is 0. The van der Waals surface area contributed by atoms with Crippen LogP contribution in [0.4, 0.5) is 4.39 Å². The number of nitrogens with zero attached hydrogens (tertiary/aromatic N) is 2. The lowest BCUT2D eigenvalue weighted by molar-refractivity contribution is -0.118. The number of primary amides is 1. The summed E-state index contributed by atoms with van der Waals surface area (Å²) in [6.45, 7) is 1.31. The fourth-order valence-corrected chi connectivity index (χ4v) is 1.83. The van der Waals surface area contributed by atoms with Gasteiger partial charge in [-0.2, -0.15) is 0 Å². The number of benzene rings is 1. The van der Waals surface area contributed by atoms with Gasteiger partial charge in [-0.25, -0.2) is 4.39 Å². The van der Waals surface area contributed by atoms with Crippen LogP contribution in [0.2, 0.25) is 0 Å². The van der Waals surface area contributed by atoms with E-state index in [1.165, 1.54) is 24.5 Å². The van der Waals surface area contributed by atoms with E-state index in [1.807, 2.05) is 0 Å². The highest BCUT2D eigenvalue weighted by molar-refractivity contribution is 5.73. The summed E-state index contributed by atoms with van der Waals surface area (Å²) in [6, 6.07) is 3.93. The molecule has 0 aliphatic rings. The van der Waals surface area contributed by atoms with E-state index in [1.54, 1.807) is 6.92 Å². The summed E-state index contributed by atoms with van der Waals surface area (Å²) < 4.78 is 15.2. The molecule has 0 spiro atoms. The normalized spacial score (nSPS) is 10.5. The van der Waals surface area contributed by atoms with E-state index in [0.29, 0.717) is 5.56 Å². The van der Waals surface area contributed by atoms with E-state index in [-0.39, 0.29) is 12.2 Å². The number of halogens is 1. The molecule has 2 aromatic rings. The number of hydrogen-bond donors (Lipinski definition) is 1. The summed E-state index contributed by atoms with van der Waals surface area (Å²) in [5.74, 6) is -1.25. The molecule has 0 aliphatic carbocycles. The number of aromatic nitrogens is 2. The molecule has 0 aliphatic heterocycles. The molecule has 104 valence electrons. The first-order chi connectivity index (χ1) is 9.40. The first-order valence-corrected chi connectivity index (χ1v) is 5.77. The fraction of sp³-hybridized carbons (Fsp3) is 0.154. The summed E-state index contributed by atoms with van der Waals surface area (Å²) >= 11 is 0. The highest BCUT2D eigenvalue weighted by Gasteiger charge is 2.10. The van der Waals surface area contributed by atoms with E-state index < -0.39 is 22.8 Å². The van der Waals surface area contributed by atoms with Crippen molar-refractivity contribution < 1.29 is 9.18 Å². The van der Waals surface area contributed by atoms with Crippen molar-refractivity contribution in [2.75, 3.05) is 0 Å². The lowest BCUT2D eigenvalue weighted by Gasteiger charge is -2.10. The van der Waals surface area contributed by atoms with Gasteiger partial charge in [0.1, 0.15) is 12.4 Å². The number of aryl methyl sites for hydroxylation is 1. The molecule has 0 saturated heterocycles. The quantitative estimate of drug-likeness (QED) is 0.797. The molecule has 0 radical (unpaired) electrons. The zero-order chi connectivity index (χ0) is 14.9. The molecule has 1 aromatic heterocycles. The Hall–Kier alpha value is -2.70. The maximum absolute atomic E-state index is 13.3. The van der Waals surface area contributed by atoms with Crippen LogP contribution in [0.3, 0.4) is 0 Å². The molecule has 7 heteroatoms. The second kappa shape index (κ2) is 5.12. The lowest BCUT2D eigenvalue weighted by atomic mass is 10.2. The Morgan fingerprint density at radius 3 is 2.60 bits per heavy atom. The summed E-state index contributed by atoms with van der Waals surface area (Å²) in [5, 5.41) is 0. The molecule has 1 aromatic carbocycles. The Balaban J connectivity index is 2.63. The van der Waals surface area contributed by atoms with Crippen molar-refractivity contribution in [2.45, 2.75) is 13.5 Å². The van der Waals surface area contributed by atoms with E-state index in [0.717, 1.165) is 15.2 Å². The van der Waals surface area contributed by atoms with Crippen molar-refractivity contribution in [3.63, 3.8) is 0 Å². The minimum absolute atomic E-state index is 0.276. The van der Waals surface area contributed by atoms with Crippen LogP contribution in [0.15, 0.2) is 40.2 Å². The Morgan fingerprint density at radius 2 is 1.95 bits per heavy atom. The van der Waals surface area contributed by atoms with Crippen LogP contribution in [-0.4, -0.2) is 15.0 Å². The van der Waals surface area contributed by atoms with Crippen molar-refractivity contribution in [3.05, 3.63) is 62.7 Å². The maximum Gasteiger partial charge on any atom is 0.320 e. The van der Waals surface area contributed by atoms with Gasteiger partial charge in [0.25, 0.3) is 0 Å². The predicted molar refractivity (Wildman–Crippen MR) is 70.2 cm³/mol. The third kappa shape index (κ3) is 2.51. The number of rotatable bonds is 3. The van der Waals surface area contributed by atoms with Crippen LogP contribution >= 0.6 is 0 Å². The second-order valence-corrected chi connectivity index (χ2v) is 4.30. The van der Waals surface area contributed by atoms with Gasteiger partial charge in [0, 0.05) is 12.4 Å². The Morgan fingerprint density at radius 1 is 1.25 bits per heavy atom. The average molecular weight is 277 g/mol. The second-order valence-electron chi connectivity index (χ2n) is 4.30. The van der Waals surface area contributed by atoms with Crippen molar-refractivity contribution in [2.24, 2.45) is 5.73 Å². The van der Waals surface area contributed by atoms with Crippen LogP contribution in [-0.2, 0) is 11.3 Å². The van der Waals surface area contributed by atoms with Gasteiger partial charge in [-0.05, 0) is 24.6 Å².